The Morgan fingerprint density at radius 2 is 1.44 bits per heavy atom. The van der Waals surface area contributed by atoms with Gasteiger partial charge < -0.3 is 10.1 Å². The Balaban J connectivity index is 1.14. The smallest absolute Gasteiger partial charge is 0.310 e. The van der Waals surface area contributed by atoms with Gasteiger partial charge >= 0.3 is 5.97 Å². The fraction of sp³-hybridized carbons (Fsp3) is 0.909. The van der Waals surface area contributed by atoms with Crippen molar-refractivity contribution in [2.45, 2.75) is 155 Å². The van der Waals surface area contributed by atoms with Crippen LogP contribution in [-0.2, 0) is 9.53 Å². The van der Waals surface area contributed by atoms with Gasteiger partial charge in [0.2, 0.25) is 0 Å². The second-order valence-corrected chi connectivity index (χ2v) is 12.9. The summed E-state index contributed by atoms with van der Waals surface area (Å²) in [7, 11) is 0. The van der Waals surface area contributed by atoms with Crippen LogP contribution in [0.2, 0.25) is 0 Å². The summed E-state index contributed by atoms with van der Waals surface area (Å²) in [6.07, 6.45) is 28.5. The molecule has 0 spiro atoms. The standard InChI is InChI=1S/C33H59NO2/c1-4-5-6-7-8-9-10-11-12-13-14-15-16-17-18-19-23-34-26-29-28-24-30-27(2)21-20-22-33(30,3)25-31(28)36-32(29)35/h28-31,34H,2,4-26H2,1,3H3/t28-,29+,30-,31-,33-/m1/s1. The van der Waals surface area contributed by atoms with Crippen molar-refractivity contribution in [2.24, 2.45) is 23.2 Å². The average molecular weight is 502 g/mol. The molecular formula is C33H59NO2. The van der Waals surface area contributed by atoms with E-state index in [2.05, 4.69) is 25.7 Å². The number of fused-ring (bicyclic) bond motifs is 2. The number of ether oxygens (including phenoxy) is 1. The summed E-state index contributed by atoms with van der Waals surface area (Å²) >= 11 is 0. The minimum absolute atomic E-state index is 0.0512. The zero-order chi connectivity index (χ0) is 25.6. The van der Waals surface area contributed by atoms with Gasteiger partial charge in [0.25, 0.3) is 0 Å². The van der Waals surface area contributed by atoms with Crippen LogP contribution in [-0.4, -0.2) is 25.2 Å². The third-order valence-electron chi connectivity index (χ3n) is 9.89. The van der Waals surface area contributed by atoms with Gasteiger partial charge in [-0.25, -0.2) is 0 Å². The molecule has 3 rings (SSSR count). The van der Waals surface area contributed by atoms with Crippen molar-refractivity contribution in [1.82, 2.24) is 5.32 Å². The van der Waals surface area contributed by atoms with E-state index in [1.165, 1.54) is 128 Å². The maximum Gasteiger partial charge on any atom is 0.310 e. The van der Waals surface area contributed by atoms with Crippen molar-refractivity contribution < 1.29 is 9.53 Å². The maximum absolute atomic E-state index is 12.7. The molecular weight excluding hydrogens is 442 g/mol. The molecule has 1 heterocycles. The molecule has 36 heavy (non-hydrogen) atoms. The summed E-state index contributed by atoms with van der Waals surface area (Å²) in [4.78, 5) is 12.7. The van der Waals surface area contributed by atoms with Gasteiger partial charge in [0.15, 0.2) is 0 Å². The lowest BCUT2D eigenvalue weighted by atomic mass is 9.55. The van der Waals surface area contributed by atoms with Crippen LogP contribution in [0.15, 0.2) is 12.2 Å². The van der Waals surface area contributed by atoms with Crippen molar-refractivity contribution in [3.63, 3.8) is 0 Å². The number of carbonyl (C=O) groups is 1. The Morgan fingerprint density at radius 1 is 0.889 bits per heavy atom. The second-order valence-electron chi connectivity index (χ2n) is 12.9. The summed E-state index contributed by atoms with van der Waals surface area (Å²) in [5, 5.41) is 3.61. The van der Waals surface area contributed by atoms with Gasteiger partial charge in [0.05, 0.1) is 5.92 Å². The molecule has 0 amide bonds. The molecule has 1 N–H and O–H groups in total. The lowest BCUT2D eigenvalue weighted by Crippen LogP contribution is -2.45. The summed E-state index contributed by atoms with van der Waals surface area (Å²) in [5.41, 5.74) is 1.73. The van der Waals surface area contributed by atoms with E-state index in [1.807, 2.05) is 0 Å². The quantitative estimate of drug-likeness (QED) is 0.109. The highest BCUT2D eigenvalue weighted by Gasteiger charge is 2.54. The molecule has 1 aliphatic heterocycles. The first-order chi connectivity index (χ1) is 17.5. The zero-order valence-electron chi connectivity index (χ0n) is 24.1. The first-order valence-electron chi connectivity index (χ1n) is 16.1. The molecule has 3 fully saturated rings. The normalized spacial score (nSPS) is 29.7. The van der Waals surface area contributed by atoms with E-state index < -0.39 is 0 Å². The molecule has 208 valence electrons. The number of carbonyl (C=O) groups excluding carboxylic acids is 1. The van der Waals surface area contributed by atoms with Gasteiger partial charge in [-0.3, -0.25) is 4.79 Å². The number of nitrogens with one attached hydrogen (secondary N) is 1. The van der Waals surface area contributed by atoms with Crippen LogP contribution in [0.4, 0.5) is 0 Å². The minimum Gasteiger partial charge on any atom is -0.462 e. The Labute approximate surface area is 224 Å². The van der Waals surface area contributed by atoms with E-state index in [-0.39, 0.29) is 18.0 Å². The molecule has 0 aromatic heterocycles. The Bertz CT molecular complexity index is 646. The number of allylic oxidation sites excluding steroid dienone is 1. The molecule has 3 heteroatoms. The largest absolute Gasteiger partial charge is 0.462 e. The summed E-state index contributed by atoms with van der Waals surface area (Å²) < 4.78 is 5.91. The van der Waals surface area contributed by atoms with E-state index in [9.17, 15) is 4.79 Å². The van der Waals surface area contributed by atoms with Crippen molar-refractivity contribution in [3.05, 3.63) is 12.2 Å². The molecule has 0 unspecified atom stereocenters. The highest BCUT2D eigenvalue weighted by molar-refractivity contribution is 5.75. The van der Waals surface area contributed by atoms with Crippen LogP contribution < -0.4 is 5.32 Å². The van der Waals surface area contributed by atoms with E-state index in [0.29, 0.717) is 17.3 Å². The van der Waals surface area contributed by atoms with Crippen molar-refractivity contribution in [1.29, 1.82) is 0 Å². The van der Waals surface area contributed by atoms with Gasteiger partial charge in [-0.05, 0) is 56.4 Å². The van der Waals surface area contributed by atoms with Crippen LogP contribution in [0.3, 0.4) is 0 Å². The van der Waals surface area contributed by atoms with Gasteiger partial charge in [-0.1, -0.05) is 122 Å². The lowest BCUT2D eigenvalue weighted by molar-refractivity contribution is -0.146. The predicted octanol–water partition coefficient (Wildman–Crippen LogP) is 9.15. The van der Waals surface area contributed by atoms with Gasteiger partial charge in [-0.15, -0.1) is 0 Å². The van der Waals surface area contributed by atoms with Gasteiger partial charge in [0, 0.05) is 12.5 Å². The summed E-state index contributed by atoms with van der Waals surface area (Å²) in [6, 6.07) is 0. The average Bonchev–Trinajstić information content (AvgIpc) is 3.15. The molecule has 3 aliphatic rings. The Hall–Kier alpha value is -0.830. The van der Waals surface area contributed by atoms with Crippen molar-refractivity contribution >= 4 is 5.97 Å². The number of unbranched alkanes of at least 4 members (excludes halogenated alkanes) is 15. The van der Waals surface area contributed by atoms with Gasteiger partial charge in [-0.2, -0.15) is 0 Å². The fourth-order valence-corrected chi connectivity index (χ4v) is 7.55. The van der Waals surface area contributed by atoms with Crippen molar-refractivity contribution in [3.8, 4) is 0 Å². The van der Waals surface area contributed by atoms with Gasteiger partial charge in [0.1, 0.15) is 6.10 Å². The molecule has 2 aliphatic carbocycles. The molecule has 0 bridgehead atoms. The Kier molecular flexibility index (Phi) is 13.4. The topological polar surface area (TPSA) is 38.3 Å². The third kappa shape index (κ3) is 9.17. The number of hydrogen-bond acceptors (Lipinski definition) is 3. The molecule has 5 atom stereocenters. The van der Waals surface area contributed by atoms with Crippen LogP contribution >= 0.6 is 0 Å². The molecule has 3 nitrogen and oxygen atoms in total. The molecule has 0 aromatic rings. The van der Waals surface area contributed by atoms with E-state index in [1.54, 1.807) is 0 Å². The molecule has 0 radical (unpaired) electrons. The maximum atomic E-state index is 12.7. The SMILES string of the molecule is C=C1CCC[C@]2(C)C[C@H]3OC(=O)[C@@H](CNCCCCCCCCCCCCCCCCCC)[C@H]3C[C@H]12. The molecule has 2 saturated carbocycles. The van der Waals surface area contributed by atoms with Crippen molar-refractivity contribution in [2.75, 3.05) is 13.1 Å². The number of esters is 1. The summed E-state index contributed by atoms with van der Waals surface area (Å²) in [5.74, 6) is 1.08. The lowest BCUT2D eigenvalue weighted by Gasteiger charge is -2.50. The number of rotatable bonds is 19. The molecule has 1 saturated heterocycles. The highest BCUT2D eigenvalue weighted by atomic mass is 16.6. The highest BCUT2D eigenvalue weighted by Crippen LogP contribution is 2.56. The second kappa shape index (κ2) is 16.2. The number of hydrogen-bond donors (Lipinski definition) is 1. The third-order valence-corrected chi connectivity index (χ3v) is 9.89. The van der Waals surface area contributed by atoms with Crippen LogP contribution in [0, 0.1) is 23.2 Å². The Morgan fingerprint density at radius 3 is 2.03 bits per heavy atom. The summed E-state index contributed by atoms with van der Waals surface area (Å²) in [6.45, 7) is 11.0. The zero-order valence-corrected chi connectivity index (χ0v) is 24.1. The van der Waals surface area contributed by atoms with E-state index in [0.717, 1.165) is 25.9 Å². The van der Waals surface area contributed by atoms with Crippen LogP contribution in [0.1, 0.15) is 149 Å². The first kappa shape index (κ1) is 29.7. The van der Waals surface area contributed by atoms with Crippen LogP contribution in [0.25, 0.3) is 0 Å². The van der Waals surface area contributed by atoms with E-state index in [4.69, 9.17) is 4.74 Å². The van der Waals surface area contributed by atoms with E-state index >= 15 is 0 Å². The molecule has 0 aromatic carbocycles. The fourth-order valence-electron chi connectivity index (χ4n) is 7.55. The van der Waals surface area contributed by atoms with Crippen LogP contribution in [0.5, 0.6) is 0 Å². The first-order valence-corrected chi connectivity index (χ1v) is 16.1. The monoisotopic (exact) mass is 501 g/mol. The predicted molar refractivity (Wildman–Crippen MR) is 153 cm³/mol. The minimum atomic E-state index is 0.0512.